The second kappa shape index (κ2) is 3.47. The third-order valence-corrected chi connectivity index (χ3v) is 1.85. The summed E-state index contributed by atoms with van der Waals surface area (Å²) in [5.41, 5.74) is 1.97. The minimum Gasteiger partial charge on any atom is -0.298 e. The molecule has 0 saturated heterocycles. The van der Waals surface area contributed by atoms with Crippen LogP contribution in [0, 0.1) is 13.8 Å². The van der Waals surface area contributed by atoms with Gasteiger partial charge in [-0.05, 0) is 13.8 Å². The van der Waals surface area contributed by atoms with Gasteiger partial charge in [-0.1, -0.05) is 0 Å². The number of nitrogens with zero attached hydrogens (tertiary/aromatic N) is 2. The Morgan fingerprint density at radius 2 is 2.25 bits per heavy atom. The molecule has 0 aliphatic carbocycles. The zero-order valence-electron chi connectivity index (χ0n) is 7.17. The van der Waals surface area contributed by atoms with Crippen molar-refractivity contribution in [1.29, 1.82) is 0 Å². The number of carbonyl (C=O) groups is 1. The molecule has 4 heteroatoms. The van der Waals surface area contributed by atoms with E-state index in [9.17, 15) is 9.18 Å². The van der Waals surface area contributed by atoms with Crippen molar-refractivity contribution in [3.63, 3.8) is 0 Å². The molecule has 66 valence electrons. The predicted octanol–water partition coefficient (Wildman–Crippen LogP) is 1.28. The molecule has 0 unspecified atom stereocenters. The van der Waals surface area contributed by atoms with Gasteiger partial charge in [0.05, 0.1) is 17.8 Å². The number of aromatic nitrogens is 2. The molecule has 0 amide bonds. The van der Waals surface area contributed by atoms with E-state index in [1.54, 1.807) is 13.8 Å². The van der Waals surface area contributed by atoms with Crippen LogP contribution in [-0.2, 0) is 6.54 Å². The van der Waals surface area contributed by atoms with Gasteiger partial charge in [0.2, 0.25) is 0 Å². The van der Waals surface area contributed by atoms with Crippen molar-refractivity contribution in [3.05, 3.63) is 17.0 Å². The Bertz CT molecular complexity index is 293. The fraction of sp³-hybridized carbons (Fsp3) is 0.500. The van der Waals surface area contributed by atoms with E-state index in [-0.39, 0.29) is 6.54 Å². The van der Waals surface area contributed by atoms with E-state index in [0.717, 1.165) is 12.0 Å². The van der Waals surface area contributed by atoms with Gasteiger partial charge in [-0.25, -0.2) is 4.39 Å². The molecule has 0 spiro atoms. The molecule has 0 N–H and O–H groups in total. The molecule has 0 aromatic carbocycles. The molecule has 1 aromatic rings. The van der Waals surface area contributed by atoms with Crippen LogP contribution in [-0.4, -0.2) is 22.7 Å². The smallest absolute Gasteiger partial charge is 0.153 e. The number of aldehydes is 1. The number of hydrogen-bond acceptors (Lipinski definition) is 2. The third-order valence-electron chi connectivity index (χ3n) is 1.85. The van der Waals surface area contributed by atoms with Crippen LogP contribution >= 0.6 is 0 Å². The molecule has 0 fully saturated rings. The second-order valence-corrected chi connectivity index (χ2v) is 2.61. The lowest BCUT2D eigenvalue weighted by molar-refractivity contribution is 0.112. The van der Waals surface area contributed by atoms with E-state index in [2.05, 4.69) is 5.10 Å². The lowest BCUT2D eigenvalue weighted by Crippen LogP contribution is -2.04. The highest BCUT2D eigenvalue weighted by Gasteiger charge is 2.09. The van der Waals surface area contributed by atoms with Crippen molar-refractivity contribution >= 4 is 6.29 Å². The van der Waals surface area contributed by atoms with Gasteiger partial charge >= 0.3 is 0 Å². The lowest BCUT2D eigenvalue weighted by atomic mass is 10.2. The number of alkyl halides is 1. The standard InChI is InChI=1S/C8H11FN2O/c1-6-8(5-12)7(2)11(10-6)4-3-9/h5H,3-4H2,1-2H3. The number of aryl methyl sites for hydroxylation is 2. The van der Waals surface area contributed by atoms with Gasteiger partial charge in [0, 0.05) is 5.69 Å². The number of hydrogen-bond donors (Lipinski definition) is 0. The van der Waals surface area contributed by atoms with Crippen molar-refractivity contribution < 1.29 is 9.18 Å². The maximum Gasteiger partial charge on any atom is 0.153 e. The number of carbonyl (C=O) groups excluding carboxylic acids is 1. The minimum atomic E-state index is -0.458. The molecule has 0 aliphatic heterocycles. The van der Waals surface area contributed by atoms with Crippen LogP contribution in [0.4, 0.5) is 4.39 Å². The van der Waals surface area contributed by atoms with Gasteiger partial charge in [0.15, 0.2) is 6.29 Å². The highest BCUT2D eigenvalue weighted by molar-refractivity contribution is 5.77. The highest BCUT2D eigenvalue weighted by atomic mass is 19.1. The molecule has 3 nitrogen and oxygen atoms in total. The Labute approximate surface area is 70.2 Å². The molecule has 0 saturated carbocycles. The molecule has 1 heterocycles. The first-order valence-corrected chi connectivity index (χ1v) is 3.76. The zero-order valence-corrected chi connectivity index (χ0v) is 7.17. The molecular weight excluding hydrogens is 159 g/mol. The van der Waals surface area contributed by atoms with Crippen LogP contribution in [0.1, 0.15) is 21.7 Å². The summed E-state index contributed by atoms with van der Waals surface area (Å²) < 4.78 is 13.5. The van der Waals surface area contributed by atoms with Gasteiger partial charge in [-0.15, -0.1) is 0 Å². The summed E-state index contributed by atoms with van der Waals surface area (Å²) in [4.78, 5) is 10.5. The molecular formula is C8H11FN2O. The van der Waals surface area contributed by atoms with E-state index >= 15 is 0 Å². The fourth-order valence-corrected chi connectivity index (χ4v) is 1.18. The Hall–Kier alpha value is -1.19. The highest BCUT2D eigenvalue weighted by Crippen LogP contribution is 2.09. The van der Waals surface area contributed by atoms with E-state index in [0.29, 0.717) is 11.3 Å². The van der Waals surface area contributed by atoms with Crippen molar-refractivity contribution in [2.45, 2.75) is 20.4 Å². The van der Waals surface area contributed by atoms with Crippen molar-refractivity contribution in [1.82, 2.24) is 9.78 Å². The number of rotatable bonds is 3. The molecule has 1 rings (SSSR count). The molecule has 12 heavy (non-hydrogen) atoms. The summed E-state index contributed by atoms with van der Waals surface area (Å²) in [5, 5.41) is 4.02. The molecule has 0 aliphatic rings. The zero-order chi connectivity index (χ0) is 9.14. The van der Waals surface area contributed by atoms with Crippen LogP contribution in [0.25, 0.3) is 0 Å². The molecule has 0 atom stereocenters. The topological polar surface area (TPSA) is 34.9 Å². The van der Waals surface area contributed by atoms with Crippen molar-refractivity contribution in [2.24, 2.45) is 0 Å². The van der Waals surface area contributed by atoms with Gasteiger partial charge in [0.1, 0.15) is 6.67 Å². The third kappa shape index (κ3) is 1.37. The second-order valence-electron chi connectivity index (χ2n) is 2.61. The molecule has 0 bridgehead atoms. The normalized spacial score (nSPS) is 10.2. The van der Waals surface area contributed by atoms with Crippen LogP contribution in [0.2, 0.25) is 0 Å². The van der Waals surface area contributed by atoms with Crippen LogP contribution in [0.15, 0.2) is 0 Å². The van der Waals surface area contributed by atoms with Crippen LogP contribution in [0.3, 0.4) is 0 Å². The Kier molecular flexibility index (Phi) is 2.58. The van der Waals surface area contributed by atoms with Crippen LogP contribution in [0.5, 0.6) is 0 Å². The Balaban J connectivity index is 3.08. The van der Waals surface area contributed by atoms with Gasteiger partial charge in [-0.2, -0.15) is 5.10 Å². The van der Waals surface area contributed by atoms with Crippen molar-refractivity contribution in [3.8, 4) is 0 Å². The summed E-state index contributed by atoms with van der Waals surface area (Å²) in [5.74, 6) is 0. The summed E-state index contributed by atoms with van der Waals surface area (Å²) in [7, 11) is 0. The monoisotopic (exact) mass is 170 g/mol. The average molecular weight is 170 g/mol. The molecule has 0 radical (unpaired) electrons. The lowest BCUT2D eigenvalue weighted by Gasteiger charge is -1.98. The van der Waals surface area contributed by atoms with Crippen LogP contribution < -0.4 is 0 Å². The minimum absolute atomic E-state index is 0.223. The summed E-state index contributed by atoms with van der Waals surface area (Å²) in [6.07, 6.45) is 0.756. The van der Waals surface area contributed by atoms with Gasteiger partial charge in [0.25, 0.3) is 0 Å². The first kappa shape index (κ1) is 8.90. The summed E-state index contributed by atoms with van der Waals surface area (Å²) in [6, 6.07) is 0. The summed E-state index contributed by atoms with van der Waals surface area (Å²) >= 11 is 0. The average Bonchev–Trinajstić information content (AvgIpc) is 2.29. The first-order chi connectivity index (χ1) is 5.70. The van der Waals surface area contributed by atoms with E-state index in [1.165, 1.54) is 4.68 Å². The fourth-order valence-electron chi connectivity index (χ4n) is 1.18. The predicted molar refractivity (Wildman–Crippen MR) is 43.1 cm³/mol. The van der Waals surface area contributed by atoms with Crippen molar-refractivity contribution in [2.75, 3.05) is 6.67 Å². The largest absolute Gasteiger partial charge is 0.298 e. The summed E-state index contributed by atoms with van der Waals surface area (Å²) in [6.45, 7) is 3.27. The Morgan fingerprint density at radius 3 is 2.67 bits per heavy atom. The Morgan fingerprint density at radius 1 is 1.58 bits per heavy atom. The van der Waals surface area contributed by atoms with E-state index in [4.69, 9.17) is 0 Å². The molecule has 1 aromatic heterocycles. The van der Waals surface area contributed by atoms with E-state index in [1.807, 2.05) is 0 Å². The van der Waals surface area contributed by atoms with E-state index < -0.39 is 6.67 Å². The maximum absolute atomic E-state index is 12.0. The maximum atomic E-state index is 12.0. The number of halogens is 1. The first-order valence-electron chi connectivity index (χ1n) is 3.76. The van der Waals surface area contributed by atoms with Gasteiger partial charge in [-0.3, -0.25) is 9.48 Å². The van der Waals surface area contributed by atoms with Gasteiger partial charge < -0.3 is 0 Å². The quantitative estimate of drug-likeness (QED) is 0.640. The SMILES string of the molecule is Cc1nn(CCF)c(C)c1C=O.